The van der Waals surface area contributed by atoms with Gasteiger partial charge in [-0.25, -0.2) is 21.6 Å². The van der Waals surface area contributed by atoms with Crippen LogP contribution in [-0.2, 0) is 19.9 Å². The lowest BCUT2D eigenvalue weighted by Crippen LogP contribution is -2.29. The molecule has 0 fully saturated rings. The minimum Gasteiger partial charge on any atom is -0.313 e. The molecule has 0 radical (unpaired) electrons. The van der Waals surface area contributed by atoms with Crippen molar-refractivity contribution in [2.24, 2.45) is 0 Å². The summed E-state index contributed by atoms with van der Waals surface area (Å²) < 4.78 is 48.4. The summed E-state index contributed by atoms with van der Waals surface area (Å²) in [5.74, 6) is -0.223. The van der Waals surface area contributed by atoms with Gasteiger partial charge in [0.2, 0.25) is 10.0 Å². The summed E-state index contributed by atoms with van der Waals surface area (Å²) in [6.07, 6.45) is 1.07. The molecule has 8 heteroatoms. The highest BCUT2D eigenvalue weighted by molar-refractivity contribution is 7.91. The zero-order chi connectivity index (χ0) is 15.4. The summed E-state index contributed by atoms with van der Waals surface area (Å²) in [6, 6.07) is 6.57. The Balaban J connectivity index is 2.87. The quantitative estimate of drug-likeness (QED) is 0.753. The van der Waals surface area contributed by atoms with E-state index in [-0.39, 0.29) is 23.2 Å². The summed E-state index contributed by atoms with van der Waals surface area (Å²) in [4.78, 5) is 0.130. The zero-order valence-corrected chi connectivity index (χ0v) is 13.4. The van der Waals surface area contributed by atoms with Crippen LogP contribution < -0.4 is 10.0 Å². The fraction of sp³-hybridized carbons (Fsp3) is 0.500. The van der Waals surface area contributed by atoms with E-state index in [1.54, 1.807) is 19.2 Å². The average molecular weight is 320 g/mol. The molecule has 0 spiro atoms. The topological polar surface area (TPSA) is 92.3 Å². The molecule has 0 aliphatic carbocycles. The molecular weight excluding hydrogens is 300 g/mol. The van der Waals surface area contributed by atoms with Crippen molar-refractivity contribution in [3.05, 3.63) is 29.8 Å². The first kappa shape index (κ1) is 17.1. The van der Waals surface area contributed by atoms with E-state index in [0.29, 0.717) is 0 Å². The minimum atomic E-state index is -3.69. The summed E-state index contributed by atoms with van der Waals surface area (Å²) in [5, 5.41) is 3.03. The fourth-order valence-electron chi connectivity index (χ4n) is 1.56. The van der Waals surface area contributed by atoms with E-state index in [9.17, 15) is 16.8 Å². The van der Waals surface area contributed by atoms with Crippen LogP contribution in [0.5, 0.6) is 0 Å². The van der Waals surface area contributed by atoms with Gasteiger partial charge >= 0.3 is 0 Å². The molecule has 1 unspecified atom stereocenters. The van der Waals surface area contributed by atoms with Gasteiger partial charge in [0.15, 0.2) is 0 Å². The second-order valence-corrected chi connectivity index (χ2v) is 8.64. The third-order valence-electron chi connectivity index (χ3n) is 2.87. The predicted octanol–water partition coefficient (Wildman–Crippen LogP) is 0.290. The molecular formula is C12H20N2O4S2. The van der Waals surface area contributed by atoms with Crippen LogP contribution in [0.4, 0.5) is 0 Å². The van der Waals surface area contributed by atoms with E-state index in [2.05, 4.69) is 10.0 Å². The molecule has 0 aliphatic rings. The number of sulfonamides is 1. The van der Waals surface area contributed by atoms with Crippen LogP contribution in [0, 0.1) is 0 Å². The molecule has 0 amide bonds. The average Bonchev–Trinajstić information content (AvgIpc) is 2.36. The van der Waals surface area contributed by atoms with E-state index in [4.69, 9.17) is 0 Å². The van der Waals surface area contributed by atoms with Crippen molar-refractivity contribution in [3.63, 3.8) is 0 Å². The van der Waals surface area contributed by atoms with Gasteiger partial charge in [-0.15, -0.1) is 0 Å². The lowest BCUT2D eigenvalue weighted by atomic mass is 10.1. The highest BCUT2D eigenvalue weighted by Crippen LogP contribution is 2.16. The van der Waals surface area contributed by atoms with Gasteiger partial charge in [-0.05, 0) is 31.7 Å². The van der Waals surface area contributed by atoms with Gasteiger partial charge in [0.1, 0.15) is 9.84 Å². The first-order chi connectivity index (χ1) is 9.15. The van der Waals surface area contributed by atoms with Crippen molar-refractivity contribution in [2.45, 2.75) is 17.9 Å². The van der Waals surface area contributed by atoms with Crippen LogP contribution >= 0.6 is 0 Å². The van der Waals surface area contributed by atoms with E-state index in [1.165, 1.54) is 6.07 Å². The Morgan fingerprint density at radius 1 is 1.20 bits per heavy atom. The van der Waals surface area contributed by atoms with Gasteiger partial charge in [0.25, 0.3) is 0 Å². The molecule has 0 heterocycles. The van der Waals surface area contributed by atoms with Crippen LogP contribution in [0.1, 0.15) is 18.5 Å². The van der Waals surface area contributed by atoms with Gasteiger partial charge in [0.05, 0.1) is 10.6 Å². The van der Waals surface area contributed by atoms with Crippen molar-refractivity contribution in [3.8, 4) is 0 Å². The maximum Gasteiger partial charge on any atom is 0.240 e. The summed E-state index contributed by atoms with van der Waals surface area (Å²) >= 11 is 0. The Morgan fingerprint density at radius 3 is 2.40 bits per heavy atom. The molecule has 0 aromatic heterocycles. The van der Waals surface area contributed by atoms with E-state index in [1.807, 2.05) is 13.0 Å². The third kappa shape index (κ3) is 5.20. The molecule has 0 saturated carbocycles. The monoisotopic (exact) mass is 320 g/mol. The Hall–Kier alpha value is -0.960. The third-order valence-corrected chi connectivity index (χ3v) is 5.27. The summed E-state index contributed by atoms with van der Waals surface area (Å²) in [5.41, 5.74) is 0.846. The zero-order valence-electron chi connectivity index (χ0n) is 11.8. The minimum absolute atomic E-state index is 0.0289. The lowest BCUT2D eigenvalue weighted by molar-refractivity contribution is 0.581. The number of nitrogens with one attached hydrogen (secondary N) is 2. The molecule has 0 aliphatic heterocycles. The Bertz CT molecular complexity index is 654. The second kappa shape index (κ2) is 6.66. The van der Waals surface area contributed by atoms with E-state index >= 15 is 0 Å². The molecule has 0 saturated heterocycles. The molecule has 0 bridgehead atoms. The Morgan fingerprint density at radius 2 is 1.85 bits per heavy atom. The number of rotatable bonds is 7. The lowest BCUT2D eigenvalue weighted by Gasteiger charge is -2.12. The number of benzene rings is 1. The first-order valence-corrected chi connectivity index (χ1v) is 9.65. The van der Waals surface area contributed by atoms with Gasteiger partial charge in [-0.3, -0.25) is 0 Å². The normalized spacial score (nSPS) is 14.2. The molecule has 1 aromatic rings. The van der Waals surface area contributed by atoms with Gasteiger partial charge in [0, 0.05) is 18.8 Å². The van der Waals surface area contributed by atoms with Gasteiger partial charge < -0.3 is 5.32 Å². The van der Waals surface area contributed by atoms with E-state index < -0.39 is 19.9 Å². The molecule has 2 N–H and O–H groups in total. The van der Waals surface area contributed by atoms with Crippen LogP contribution in [0.15, 0.2) is 29.2 Å². The van der Waals surface area contributed by atoms with Crippen molar-refractivity contribution in [1.82, 2.24) is 10.0 Å². The summed E-state index contributed by atoms with van der Waals surface area (Å²) in [7, 11) is -5.09. The second-order valence-electron chi connectivity index (χ2n) is 4.61. The molecule has 1 aromatic carbocycles. The smallest absolute Gasteiger partial charge is 0.240 e. The standard InChI is InChI=1S/C12H20N2O4S2/c1-10(13-2)11-5-4-6-12(9-11)20(17,18)14-7-8-19(3,15)16/h4-6,9-10,13-14H,7-8H2,1-3H3. The highest BCUT2D eigenvalue weighted by atomic mass is 32.2. The van der Waals surface area contributed by atoms with Crippen LogP contribution in [0.3, 0.4) is 0 Å². The van der Waals surface area contributed by atoms with Gasteiger partial charge in [-0.1, -0.05) is 12.1 Å². The van der Waals surface area contributed by atoms with E-state index in [0.717, 1.165) is 11.8 Å². The van der Waals surface area contributed by atoms with Crippen LogP contribution in [-0.4, -0.2) is 42.4 Å². The largest absolute Gasteiger partial charge is 0.313 e. The molecule has 6 nitrogen and oxygen atoms in total. The number of hydrogen-bond acceptors (Lipinski definition) is 5. The maximum absolute atomic E-state index is 12.1. The van der Waals surface area contributed by atoms with Crippen molar-refractivity contribution in [1.29, 1.82) is 0 Å². The number of hydrogen-bond donors (Lipinski definition) is 2. The maximum atomic E-state index is 12.1. The molecule has 1 atom stereocenters. The molecule has 1 rings (SSSR count). The predicted molar refractivity (Wildman–Crippen MR) is 78.8 cm³/mol. The van der Waals surface area contributed by atoms with Crippen LogP contribution in [0.25, 0.3) is 0 Å². The Kier molecular flexibility index (Phi) is 5.69. The highest BCUT2D eigenvalue weighted by Gasteiger charge is 2.16. The van der Waals surface area contributed by atoms with Crippen molar-refractivity contribution in [2.75, 3.05) is 25.6 Å². The SMILES string of the molecule is CNC(C)c1cccc(S(=O)(=O)NCCS(C)(=O)=O)c1. The molecule has 114 valence electrons. The first-order valence-electron chi connectivity index (χ1n) is 6.10. The summed E-state index contributed by atoms with van der Waals surface area (Å²) in [6.45, 7) is 1.79. The molecule has 20 heavy (non-hydrogen) atoms. The fourth-order valence-corrected chi connectivity index (χ4v) is 3.25. The van der Waals surface area contributed by atoms with Gasteiger partial charge in [-0.2, -0.15) is 0 Å². The Labute approximate surface area is 120 Å². The van der Waals surface area contributed by atoms with Crippen molar-refractivity contribution >= 4 is 19.9 Å². The van der Waals surface area contributed by atoms with Crippen LogP contribution in [0.2, 0.25) is 0 Å². The number of sulfone groups is 1. The van der Waals surface area contributed by atoms with Crippen molar-refractivity contribution < 1.29 is 16.8 Å².